The third-order valence-electron chi connectivity index (χ3n) is 2.46. The first kappa shape index (κ1) is 13.5. The maximum absolute atomic E-state index is 10.9. The van der Waals surface area contributed by atoms with Gasteiger partial charge in [0.2, 0.25) is 5.91 Å². The maximum atomic E-state index is 10.9. The van der Waals surface area contributed by atoms with E-state index in [1.54, 1.807) is 7.05 Å². The molecule has 0 radical (unpaired) electrons. The van der Waals surface area contributed by atoms with E-state index in [1.165, 1.54) is 32.1 Å². The van der Waals surface area contributed by atoms with Gasteiger partial charge in [0.25, 0.3) is 0 Å². The first-order valence-electron chi connectivity index (χ1n) is 5.87. The Morgan fingerprint density at radius 1 is 1.07 bits per heavy atom. The van der Waals surface area contributed by atoms with Crippen LogP contribution in [0.1, 0.15) is 58.8 Å². The average molecular weight is 199 g/mol. The second-order valence-electron chi connectivity index (χ2n) is 4.37. The van der Waals surface area contributed by atoms with Gasteiger partial charge in [0, 0.05) is 13.5 Å². The Labute approximate surface area is 88.5 Å². The Morgan fingerprint density at radius 2 is 1.64 bits per heavy atom. The first-order chi connectivity index (χ1) is 6.66. The smallest absolute Gasteiger partial charge is 0.219 e. The summed E-state index contributed by atoms with van der Waals surface area (Å²) in [6.45, 7) is 4.54. The predicted molar refractivity (Wildman–Crippen MR) is 61.2 cm³/mol. The van der Waals surface area contributed by atoms with E-state index in [4.69, 9.17) is 0 Å². The maximum Gasteiger partial charge on any atom is 0.219 e. The predicted octanol–water partition coefficient (Wildman–Crippen LogP) is 3.12. The van der Waals surface area contributed by atoms with Crippen LogP contribution in [0.25, 0.3) is 0 Å². The van der Waals surface area contributed by atoms with Gasteiger partial charge in [-0.3, -0.25) is 4.79 Å². The number of carbonyl (C=O) groups is 1. The number of rotatable bonds is 8. The standard InChI is InChI=1S/C12H25NO/c1-11(2)9-7-5-4-6-8-10-12(14)13-3/h11H,4-10H2,1-3H3,(H,13,14). The molecule has 1 N–H and O–H groups in total. The van der Waals surface area contributed by atoms with E-state index in [0.29, 0.717) is 6.42 Å². The molecule has 0 aromatic carbocycles. The summed E-state index contributed by atoms with van der Waals surface area (Å²) in [7, 11) is 1.70. The van der Waals surface area contributed by atoms with Crippen LogP contribution in [0.4, 0.5) is 0 Å². The highest BCUT2D eigenvalue weighted by molar-refractivity contribution is 5.75. The molecule has 0 aliphatic carbocycles. The summed E-state index contributed by atoms with van der Waals surface area (Å²) in [6, 6.07) is 0. The molecule has 0 unspecified atom stereocenters. The summed E-state index contributed by atoms with van der Waals surface area (Å²) in [4.78, 5) is 10.9. The molecule has 0 saturated heterocycles. The van der Waals surface area contributed by atoms with Gasteiger partial charge in [-0.1, -0.05) is 46.0 Å². The van der Waals surface area contributed by atoms with Crippen LogP contribution in [-0.2, 0) is 4.79 Å². The third kappa shape index (κ3) is 9.56. The zero-order valence-corrected chi connectivity index (χ0v) is 9.94. The molecule has 0 aromatic heterocycles. The molecule has 0 heterocycles. The molecule has 0 aliphatic heterocycles. The van der Waals surface area contributed by atoms with Crippen molar-refractivity contribution < 1.29 is 4.79 Å². The largest absolute Gasteiger partial charge is 0.359 e. The van der Waals surface area contributed by atoms with Crippen molar-refractivity contribution in [2.75, 3.05) is 7.05 Å². The van der Waals surface area contributed by atoms with Crippen molar-refractivity contribution >= 4 is 5.91 Å². The van der Waals surface area contributed by atoms with Crippen molar-refractivity contribution in [3.05, 3.63) is 0 Å². The van der Waals surface area contributed by atoms with E-state index >= 15 is 0 Å². The molecule has 0 bridgehead atoms. The van der Waals surface area contributed by atoms with E-state index in [0.717, 1.165) is 12.3 Å². The van der Waals surface area contributed by atoms with Crippen LogP contribution in [0.3, 0.4) is 0 Å². The molecule has 0 rings (SSSR count). The van der Waals surface area contributed by atoms with Crippen LogP contribution in [0.2, 0.25) is 0 Å². The highest BCUT2D eigenvalue weighted by atomic mass is 16.1. The van der Waals surface area contributed by atoms with Gasteiger partial charge >= 0.3 is 0 Å². The Hall–Kier alpha value is -0.530. The number of amides is 1. The molecule has 1 amide bonds. The molecule has 0 aliphatic rings. The Bertz CT molecular complexity index is 143. The molecular formula is C12H25NO. The second-order valence-corrected chi connectivity index (χ2v) is 4.37. The van der Waals surface area contributed by atoms with Crippen molar-refractivity contribution in [3.63, 3.8) is 0 Å². The van der Waals surface area contributed by atoms with Crippen LogP contribution in [0, 0.1) is 5.92 Å². The highest BCUT2D eigenvalue weighted by Gasteiger charge is 1.97. The molecule has 0 atom stereocenters. The summed E-state index contributed by atoms with van der Waals surface area (Å²) < 4.78 is 0. The molecular weight excluding hydrogens is 174 g/mol. The lowest BCUT2D eigenvalue weighted by molar-refractivity contribution is -0.120. The lowest BCUT2D eigenvalue weighted by Crippen LogP contribution is -2.16. The molecule has 0 saturated carbocycles. The lowest BCUT2D eigenvalue weighted by atomic mass is 10.0. The van der Waals surface area contributed by atoms with Gasteiger partial charge in [0.05, 0.1) is 0 Å². The van der Waals surface area contributed by atoms with Crippen molar-refractivity contribution in [2.45, 2.75) is 58.8 Å². The SMILES string of the molecule is CNC(=O)CCCCCCCC(C)C. The molecule has 0 aromatic rings. The third-order valence-corrected chi connectivity index (χ3v) is 2.46. The number of nitrogens with one attached hydrogen (secondary N) is 1. The number of hydrogen-bond donors (Lipinski definition) is 1. The zero-order chi connectivity index (χ0) is 10.8. The molecule has 84 valence electrons. The number of unbranched alkanes of at least 4 members (excludes halogenated alkanes) is 4. The minimum atomic E-state index is 0.173. The molecule has 0 spiro atoms. The average Bonchev–Trinajstić information content (AvgIpc) is 2.15. The van der Waals surface area contributed by atoms with E-state index in [2.05, 4.69) is 19.2 Å². The van der Waals surface area contributed by atoms with Crippen LogP contribution >= 0.6 is 0 Å². The fraction of sp³-hybridized carbons (Fsp3) is 0.917. The summed E-state index contributed by atoms with van der Waals surface area (Å²) in [6.07, 6.45) is 8.23. The first-order valence-corrected chi connectivity index (χ1v) is 5.87. The van der Waals surface area contributed by atoms with Gasteiger partial charge in [-0.05, 0) is 12.3 Å². The van der Waals surface area contributed by atoms with Crippen LogP contribution in [0.5, 0.6) is 0 Å². The van der Waals surface area contributed by atoms with Crippen molar-refractivity contribution in [1.29, 1.82) is 0 Å². The minimum Gasteiger partial charge on any atom is -0.359 e. The normalized spacial score (nSPS) is 10.6. The van der Waals surface area contributed by atoms with Gasteiger partial charge in [-0.25, -0.2) is 0 Å². The molecule has 2 heteroatoms. The molecule has 0 fully saturated rings. The van der Waals surface area contributed by atoms with Crippen LogP contribution in [-0.4, -0.2) is 13.0 Å². The minimum absolute atomic E-state index is 0.173. The second kappa shape index (κ2) is 9.04. The number of carbonyl (C=O) groups excluding carboxylic acids is 1. The van der Waals surface area contributed by atoms with Crippen molar-refractivity contribution in [1.82, 2.24) is 5.32 Å². The quantitative estimate of drug-likeness (QED) is 0.598. The van der Waals surface area contributed by atoms with Gasteiger partial charge in [0.1, 0.15) is 0 Å². The van der Waals surface area contributed by atoms with Gasteiger partial charge in [0.15, 0.2) is 0 Å². The topological polar surface area (TPSA) is 29.1 Å². The van der Waals surface area contributed by atoms with Gasteiger partial charge < -0.3 is 5.32 Å². The van der Waals surface area contributed by atoms with E-state index < -0.39 is 0 Å². The summed E-state index contributed by atoms with van der Waals surface area (Å²) in [5.74, 6) is 1.01. The summed E-state index contributed by atoms with van der Waals surface area (Å²) in [5, 5.41) is 2.64. The molecule has 14 heavy (non-hydrogen) atoms. The van der Waals surface area contributed by atoms with E-state index in [9.17, 15) is 4.79 Å². The fourth-order valence-corrected chi connectivity index (χ4v) is 1.49. The highest BCUT2D eigenvalue weighted by Crippen LogP contribution is 2.11. The van der Waals surface area contributed by atoms with Gasteiger partial charge in [-0.2, -0.15) is 0 Å². The fourth-order valence-electron chi connectivity index (χ4n) is 1.49. The van der Waals surface area contributed by atoms with Gasteiger partial charge in [-0.15, -0.1) is 0 Å². The van der Waals surface area contributed by atoms with Crippen molar-refractivity contribution in [3.8, 4) is 0 Å². The van der Waals surface area contributed by atoms with E-state index in [1.807, 2.05) is 0 Å². The lowest BCUT2D eigenvalue weighted by Gasteiger charge is -2.04. The van der Waals surface area contributed by atoms with Crippen LogP contribution < -0.4 is 5.32 Å². The number of hydrogen-bond acceptors (Lipinski definition) is 1. The Kier molecular flexibility index (Phi) is 8.70. The Morgan fingerprint density at radius 3 is 2.21 bits per heavy atom. The monoisotopic (exact) mass is 199 g/mol. The zero-order valence-electron chi connectivity index (χ0n) is 9.94. The van der Waals surface area contributed by atoms with E-state index in [-0.39, 0.29) is 5.91 Å². The Balaban J connectivity index is 3.03. The summed E-state index contributed by atoms with van der Waals surface area (Å²) >= 11 is 0. The van der Waals surface area contributed by atoms with Crippen molar-refractivity contribution in [2.24, 2.45) is 5.92 Å². The molecule has 2 nitrogen and oxygen atoms in total. The summed E-state index contributed by atoms with van der Waals surface area (Å²) in [5.41, 5.74) is 0. The van der Waals surface area contributed by atoms with Crippen LogP contribution in [0.15, 0.2) is 0 Å².